The molecular formula is C38H50N8O6. The van der Waals surface area contributed by atoms with Crippen LogP contribution in [-0.4, -0.2) is 93.1 Å². The standard InChI is InChI=1S/C38H50N8O6/c1-21(2)31(43-37(49)51-7)35(47)45-19-23(5)15-29(45)33-39-17-27(41-33)14-11-25-9-12-26(13-10-25)28-18-40-34(42-28)30-16-24(6)20-46(30)36(48)32(22(3)4)44-38(50)52-8/h9-10,12-13,17-18,21-24,29-32H,15-16,19-20H2,1-8H3,(H,39,41)(H,40,42)(H,43,49)(H,44,50)/t23-,24-,29-,30-,31-,32-/m0/s1. The summed E-state index contributed by atoms with van der Waals surface area (Å²) in [6.07, 6.45) is 3.67. The molecule has 2 aliphatic rings. The van der Waals surface area contributed by atoms with Crippen LogP contribution < -0.4 is 10.6 Å². The zero-order valence-corrected chi connectivity index (χ0v) is 31.1. The summed E-state index contributed by atoms with van der Waals surface area (Å²) in [5.41, 5.74) is 3.17. The quantitative estimate of drug-likeness (QED) is 0.229. The number of benzene rings is 1. The lowest BCUT2D eigenvalue weighted by Crippen LogP contribution is -2.51. The van der Waals surface area contributed by atoms with Crippen LogP contribution in [-0.2, 0) is 19.1 Å². The molecule has 0 radical (unpaired) electrons. The molecule has 278 valence electrons. The van der Waals surface area contributed by atoms with E-state index in [1.807, 2.05) is 52.0 Å². The average Bonchev–Trinajstić information content (AvgIpc) is 3.94. The van der Waals surface area contributed by atoms with Crippen molar-refractivity contribution in [3.63, 3.8) is 0 Å². The highest BCUT2D eigenvalue weighted by molar-refractivity contribution is 5.87. The number of hydrogen-bond acceptors (Lipinski definition) is 8. The minimum absolute atomic E-state index is 0.120. The number of nitrogens with one attached hydrogen (secondary N) is 4. The molecular weight excluding hydrogens is 664 g/mol. The van der Waals surface area contributed by atoms with Crippen LogP contribution in [0.1, 0.15) is 89.4 Å². The number of methoxy groups -OCH3 is 2. The van der Waals surface area contributed by atoms with E-state index in [9.17, 15) is 19.2 Å². The van der Waals surface area contributed by atoms with Crippen LogP contribution in [0, 0.1) is 35.5 Å². The normalized spacial score (nSPS) is 21.0. The Balaban J connectivity index is 1.26. The third-order valence-electron chi connectivity index (χ3n) is 9.73. The molecule has 1 aromatic carbocycles. The van der Waals surface area contributed by atoms with Gasteiger partial charge in [-0.1, -0.05) is 59.6 Å². The van der Waals surface area contributed by atoms with Gasteiger partial charge in [-0.2, -0.15) is 0 Å². The van der Waals surface area contributed by atoms with E-state index in [1.165, 1.54) is 14.2 Å². The fourth-order valence-electron chi connectivity index (χ4n) is 6.95. The van der Waals surface area contributed by atoms with Gasteiger partial charge in [-0.05, 0) is 60.1 Å². The molecule has 0 bridgehead atoms. The molecule has 4 N–H and O–H groups in total. The van der Waals surface area contributed by atoms with E-state index in [-0.39, 0.29) is 47.6 Å². The highest BCUT2D eigenvalue weighted by Gasteiger charge is 2.41. The Labute approximate surface area is 304 Å². The van der Waals surface area contributed by atoms with Gasteiger partial charge in [0, 0.05) is 18.7 Å². The van der Waals surface area contributed by atoms with E-state index in [1.54, 1.807) is 22.2 Å². The fourth-order valence-corrected chi connectivity index (χ4v) is 6.95. The van der Waals surface area contributed by atoms with E-state index < -0.39 is 24.3 Å². The number of alkyl carbamates (subject to hydrolysis) is 2. The monoisotopic (exact) mass is 714 g/mol. The van der Waals surface area contributed by atoms with Crippen molar-refractivity contribution in [2.24, 2.45) is 23.7 Å². The molecule has 2 fully saturated rings. The molecule has 6 atom stereocenters. The Morgan fingerprint density at radius 3 is 1.71 bits per heavy atom. The van der Waals surface area contributed by atoms with Crippen molar-refractivity contribution in [2.45, 2.75) is 78.6 Å². The topological polar surface area (TPSA) is 175 Å². The van der Waals surface area contributed by atoms with Gasteiger partial charge < -0.3 is 39.9 Å². The molecule has 4 amide bonds. The summed E-state index contributed by atoms with van der Waals surface area (Å²) < 4.78 is 9.50. The second-order valence-electron chi connectivity index (χ2n) is 14.6. The van der Waals surface area contributed by atoms with Gasteiger partial charge in [0.2, 0.25) is 11.8 Å². The van der Waals surface area contributed by atoms with Crippen LogP contribution in [0.25, 0.3) is 11.3 Å². The first kappa shape index (κ1) is 37.9. The number of H-pyrrole nitrogens is 2. The minimum atomic E-state index is -0.713. The summed E-state index contributed by atoms with van der Waals surface area (Å²) in [4.78, 5) is 70.6. The maximum absolute atomic E-state index is 13.6. The lowest BCUT2D eigenvalue weighted by Gasteiger charge is -2.30. The summed E-state index contributed by atoms with van der Waals surface area (Å²) in [7, 11) is 2.56. The van der Waals surface area contributed by atoms with Gasteiger partial charge in [0.25, 0.3) is 0 Å². The highest BCUT2D eigenvalue weighted by Crippen LogP contribution is 2.36. The van der Waals surface area contributed by atoms with E-state index in [4.69, 9.17) is 9.47 Å². The van der Waals surface area contributed by atoms with Crippen LogP contribution in [0.3, 0.4) is 0 Å². The van der Waals surface area contributed by atoms with Gasteiger partial charge in [-0.15, -0.1) is 0 Å². The Kier molecular flexibility index (Phi) is 11.9. The van der Waals surface area contributed by atoms with E-state index >= 15 is 0 Å². The fraction of sp³-hybridized carbons (Fsp3) is 0.526. The van der Waals surface area contributed by atoms with Crippen molar-refractivity contribution in [1.82, 2.24) is 40.4 Å². The molecule has 14 heteroatoms. The van der Waals surface area contributed by atoms with Gasteiger partial charge >= 0.3 is 12.2 Å². The maximum atomic E-state index is 13.6. The lowest BCUT2D eigenvalue weighted by molar-refractivity contribution is -0.136. The second-order valence-corrected chi connectivity index (χ2v) is 14.6. The number of ether oxygens (including phenoxy) is 2. The number of hydrogen-bond donors (Lipinski definition) is 4. The number of amides is 4. The first-order valence-corrected chi connectivity index (χ1v) is 17.8. The second kappa shape index (κ2) is 16.4. The average molecular weight is 715 g/mol. The predicted octanol–water partition coefficient (Wildman–Crippen LogP) is 4.78. The zero-order chi connectivity index (χ0) is 37.7. The number of imidazole rings is 2. The van der Waals surface area contributed by atoms with Gasteiger partial charge in [0.15, 0.2) is 0 Å². The third kappa shape index (κ3) is 8.58. The molecule has 14 nitrogen and oxygen atoms in total. The first-order valence-electron chi connectivity index (χ1n) is 17.8. The summed E-state index contributed by atoms with van der Waals surface area (Å²) in [6, 6.07) is 5.86. The third-order valence-corrected chi connectivity index (χ3v) is 9.73. The summed E-state index contributed by atoms with van der Waals surface area (Å²) in [5.74, 6) is 7.66. The molecule has 4 heterocycles. The van der Waals surface area contributed by atoms with E-state index in [0.717, 1.165) is 29.7 Å². The van der Waals surface area contributed by atoms with Crippen molar-refractivity contribution in [1.29, 1.82) is 0 Å². The molecule has 0 spiro atoms. The van der Waals surface area contributed by atoms with Crippen molar-refractivity contribution < 1.29 is 28.7 Å². The number of nitrogens with zero attached hydrogens (tertiary/aromatic N) is 4. The Morgan fingerprint density at radius 2 is 1.23 bits per heavy atom. The summed E-state index contributed by atoms with van der Waals surface area (Å²) in [6.45, 7) is 12.9. The van der Waals surface area contributed by atoms with Crippen molar-refractivity contribution >= 4 is 24.0 Å². The largest absolute Gasteiger partial charge is 0.453 e. The minimum Gasteiger partial charge on any atom is -0.453 e. The van der Waals surface area contributed by atoms with Gasteiger partial charge in [-0.25, -0.2) is 19.6 Å². The molecule has 0 aliphatic carbocycles. The van der Waals surface area contributed by atoms with Crippen LogP contribution >= 0.6 is 0 Å². The molecule has 0 saturated carbocycles. The molecule has 2 aliphatic heterocycles. The van der Waals surface area contributed by atoms with Crippen LogP contribution in [0.5, 0.6) is 0 Å². The molecule has 5 rings (SSSR count). The number of carbonyl (C=O) groups excluding carboxylic acids is 4. The summed E-state index contributed by atoms with van der Waals surface area (Å²) in [5, 5.41) is 5.38. The Morgan fingerprint density at radius 1 is 0.750 bits per heavy atom. The summed E-state index contributed by atoms with van der Waals surface area (Å²) >= 11 is 0. The molecule has 52 heavy (non-hydrogen) atoms. The molecule has 2 aromatic heterocycles. The molecule has 2 saturated heterocycles. The van der Waals surface area contributed by atoms with Crippen LogP contribution in [0.4, 0.5) is 9.59 Å². The smallest absolute Gasteiger partial charge is 0.407 e. The van der Waals surface area contributed by atoms with Crippen molar-refractivity contribution in [3.8, 4) is 23.1 Å². The van der Waals surface area contributed by atoms with Gasteiger partial charge in [0.05, 0.1) is 44.4 Å². The SMILES string of the molecule is COC(=O)N[C@H](C(=O)N1C[C@@H](C)C[C@H]1c1ncc(C#Cc2ccc(-c3cnc([C@@H]4C[C@H](C)CN4C(=O)[C@@H](NC(=O)OC)C(C)C)[nH]3)cc2)[nH]1)C(C)C. The van der Waals surface area contributed by atoms with Crippen LogP contribution in [0.15, 0.2) is 36.7 Å². The first-order chi connectivity index (χ1) is 24.8. The van der Waals surface area contributed by atoms with Crippen molar-refractivity contribution in [2.75, 3.05) is 27.3 Å². The number of rotatable bonds is 9. The van der Waals surface area contributed by atoms with E-state index in [2.05, 4.69) is 56.3 Å². The molecule has 3 aromatic rings. The highest BCUT2D eigenvalue weighted by atomic mass is 16.5. The zero-order valence-electron chi connectivity index (χ0n) is 31.1. The van der Waals surface area contributed by atoms with Crippen molar-refractivity contribution in [3.05, 3.63) is 59.6 Å². The predicted molar refractivity (Wildman–Crippen MR) is 193 cm³/mol. The number of aromatic amines is 2. The van der Waals surface area contributed by atoms with Gasteiger partial charge in [0.1, 0.15) is 29.4 Å². The van der Waals surface area contributed by atoms with Gasteiger partial charge in [-0.3, -0.25) is 9.59 Å². The number of likely N-dealkylation sites (tertiary alicyclic amines) is 2. The van der Waals surface area contributed by atoms with Crippen LogP contribution in [0.2, 0.25) is 0 Å². The lowest BCUT2D eigenvalue weighted by atomic mass is 10.0. The number of carbonyl (C=O) groups is 4. The number of aromatic nitrogens is 4. The maximum Gasteiger partial charge on any atom is 0.407 e. The Hall–Kier alpha value is -5.32. The Bertz CT molecular complexity index is 1800. The molecule has 0 unspecified atom stereocenters. The van der Waals surface area contributed by atoms with E-state index in [0.29, 0.717) is 30.4 Å².